The van der Waals surface area contributed by atoms with Crippen LogP contribution >= 0.6 is 0 Å². The van der Waals surface area contributed by atoms with Crippen LogP contribution in [0.3, 0.4) is 0 Å². The summed E-state index contributed by atoms with van der Waals surface area (Å²) in [7, 11) is 0. The molecular formula is C16H26O2. The van der Waals surface area contributed by atoms with Crippen molar-refractivity contribution in [3.63, 3.8) is 0 Å². The predicted octanol–water partition coefficient (Wildman–Crippen LogP) is 3.43. The van der Waals surface area contributed by atoms with E-state index < -0.39 is 0 Å². The molecule has 18 heavy (non-hydrogen) atoms. The number of rotatable bonds is 9. The van der Waals surface area contributed by atoms with E-state index in [2.05, 4.69) is 26.0 Å². The molecule has 1 aromatic rings. The molecule has 0 aliphatic rings. The number of aryl methyl sites for hydroxylation is 1. The lowest BCUT2D eigenvalue weighted by molar-refractivity contribution is 0.0735. The fraction of sp³-hybridized carbons (Fsp3) is 0.625. The van der Waals surface area contributed by atoms with Gasteiger partial charge in [0.1, 0.15) is 0 Å². The molecule has 1 aromatic carbocycles. The molecule has 2 nitrogen and oxygen atoms in total. The highest BCUT2D eigenvalue weighted by atomic mass is 16.5. The third kappa shape index (κ3) is 7.46. The third-order valence-corrected chi connectivity index (χ3v) is 3.04. The number of benzene rings is 1. The van der Waals surface area contributed by atoms with Crippen LogP contribution in [0, 0.1) is 5.92 Å². The van der Waals surface area contributed by atoms with Crippen LogP contribution < -0.4 is 0 Å². The van der Waals surface area contributed by atoms with E-state index in [0.717, 1.165) is 32.3 Å². The van der Waals surface area contributed by atoms with Gasteiger partial charge >= 0.3 is 0 Å². The van der Waals surface area contributed by atoms with E-state index in [1.807, 2.05) is 18.2 Å². The minimum absolute atomic E-state index is 0.246. The second-order valence-electron chi connectivity index (χ2n) is 5.26. The Balaban J connectivity index is 2.02. The standard InChI is InChI=1S/C16H26O2/c1-14(2)10-12-18-13-11-16(17)9-8-15-6-4-3-5-7-15/h3-7,14,16-17H,8-13H2,1-2H3. The summed E-state index contributed by atoms with van der Waals surface area (Å²) < 4.78 is 5.51. The van der Waals surface area contributed by atoms with Gasteiger partial charge in [0.25, 0.3) is 0 Å². The first-order chi connectivity index (χ1) is 8.68. The van der Waals surface area contributed by atoms with Gasteiger partial charge in [0.15, 0.2) is 0 Å². The molecule has 0 aliphatic carbocycles. The van der Waals surface area contributed by atoms with Gasteiger partial charge in [-0.1, -0.05) is 44.2 Å². The van der Waals surface area contributed by atoms with E-state index in [9.17, 15) is 5.11 Å². The average molecular weight is 250 g/mol. The summed E-state index contributed by atoms with van der Waals surface area (Å²) in [5.41, 5.74) is 1.29. The zero-order chi connectivity index (χ0) is 13.2. The van der Waals surface area contributed by atoms with Crippen LogP contribution in [-0.4, -0.2) is 24.4 Å². The van der Waals surface area contributed by atoms with Crippen molar-refractivity contribution in [2.45, 2.75) is 45.6 Å². The summed E-state index contributed by atoms with van der Waals surface area (Å²) >= 11 is 0. The molecular weight excluding hydrogens is 224 g/mol. The van der Waals surface area contributed by atoms with E-state index >= 15 is 0 Å². The molecule has 1 N–H and O–H groups in total. The van der Waals surface area contributed by atoms with E-state index in [4.69, 9.17) is 4.74 Å². The van der Waals surface area contributed by atoms with Gasteiger partial charge in [-0.2, -0.15) is 0 Å². The van der Waals surface area contributed by atoms with Crippen LogP contribution in [0.4, 0.5) is 0 Å². The Hall–Kier alpha value is -0.860. The van der Waals surface area contributed by atoms with Gasteiger partial charge in [-0.25, -0.2) is 0 Å². The number of aliphatic hydroxyl groups excluding tert-OH is 1. The molecule has 2 heteroatoms. The highest BCUT2D eigenvalue weighted by molar-refractivity contribution is 5.14. The van der Waals surface area contributed by atoms with Crippen LogP contribution in [0.25, 0.3) is 0 Å². The lowest BCUT2D eigenvalue weighted by atomic mass is 10.1. The number of ether oxygens (including phenoxy) is 1. The first kappa shape index (κ1) is 15.2. The molecule has 0 amide bonds. The molecule has 0 fully saturated rings. The van der Waals surface area contributed by atoms with E-state index in [0.29, 0.717) is 12.5 Å². The maximum atomic E-state index is 9.84. The Kier molecular flexibility index (Phi) is 7.70. The Morgan fingerprint density at radius 1 is 1.00 bits per heavy atom. The quantitative estimate of drug-likeness (QED) is 0.680. The van der Waals surface area contributed by atoms with Crippen LogP contribution in [0.1, 0.15) is 38.7 Å². The van der Waals surface area contributed by atoms with Gasteiger partial charge in [-0.05, 0) is 37.2 Å². The molecule has 0 heterocycles. The van der Waals surface area contributed by atoms with Gasteiger partial charge < -0.3 is 9.84 Å². The first-order valence-corrected chi connectivity index (χ1v) is 6.98. The monoisotopic (exact) mass is 250 g/mol. The number of hydrogen-bond donors (Lipinski definition) is 1. The summed E-state index contributed by atoms with van der Waals surface area (Å²) in [6.45, 7) is 5.86. The molecule has 0 saturated heterocycles. The maximum absolute atomic E-state index is 9.84. The Morgan fingerprint density at radius 3 is 2.33 bits per heavy atom. The highest BCUT2D eigenvalue weighted by Gasteiger charge is 2.04. The molecule has 0 bridgehead atoms. The minimum Gasteiger partial charge on any atom is -0.393 e. The molecule has 1 unspecified atom stereocenters. The van der Waals surface area contributed by atoms with Crippen molar-refractivity contribution in [1.82, 2.24) is 0 Å². The molecule has 1 atom stereocenters. The zero-order valence-corrected chi connectivity index (χ0v) is 11.6. The van der Waals surface area contributed by atoms with Gasteiger partial charge in [0.05, 0.1) is 6.10 Å². The Morgan fingerprint density at radius 2 is 1.67 bits per heavy atom. The topological polar surface area (TPSA) is 29.5 Å². The minimum atomic E-state index is -0.246. The van der Waals surface area contributed by atoms with Crippen molar-refractivity contribution < 1.29 is 9.84 Å². The predicted molar refractivity (Wildman–Crippen MR) is 75.7 cm³/mol. The Bertz CT molecular complexity index is 295. The van der Waals surface area contributed by atoms with Crippen molar-refractivity contribution in [3.05, 3.63) is 35.9 Å². The third-order valence-electron chi connectivity index (χ3n) is 3.04. The lowest BCUT2D eigenvalue weighted by Crippen LogP contribution is -2.12. The zero-order valence-electron chi connectivity index (χ0n) is 11.6. The second kappa shape index (κ2) is 9.12. The second-order valence-corrected chi connectivity index (χ2v) is 5.26. The molecule has 1 rings (SSSR count). The summed E-state index contributed by atoms with van der Waals surface area (Å²) in [5.74, 6) is 0.688. The van der Waals surface area contributed by atoms with Crippen LogP contribution in [0.15, 0.2) is 30.3 Å². The van der Waals surface area contributed by atoms with Crippen molar-refractivity contribution in [3.8, 4) is 0 Å². The van der Waals surface area contributed by atoms with Gasteiger partial charge in [0, 0.05) is 13.2 Å². The van der Waals surface area contributed by atoms with Crippen molar-refractivity contribution >= 4 is 0 Å². The SMILES string of the molecule is CC(C)CCOCCC(O)CCc1ccccc1. The number of hydrogen-bond acceptors (Lipinski definition) is 2. The summed E-state index contributed by atoms with van der Waals surface area (Å²) in [5, 5.41) is 9.84. The fourth-order valence-electron chi connectivity index (χ4n) is 1.76. The number of aliphatic hydroxyl groups is 1. The molecule has 0 aromatic heterocycles. The summed E-state index contributed by atoms with van der Waals surface area (Å²) in [4.78, 5) is 0. The van der Waals surface area contributed by atoms with Crippen molar-refractivity contribution in [2.75, 3.05) is 13.2 Å². The van der Waals surface area contributed by atoms with Gasteiger partial charge in [-0.3, -0.25) is 0 Å². The molecule has 102 valence electrons. The molecule has 0 spiro atoms. The molecule has 0 radical (unpaired) electrons. The smallest absolute Gasteiger partial charge is 0.0565 e. The molecule has 0 saturated carbocycles. The van der Waals surface area contributed by atoms with Crippen LogP contribution in [0.2, 0.25) is 0 Å². The summed E-state index contributed by atoms with van der Waals surface area (Å²) in [6.07, 6.45) is 3.35. The average Bonchev–Trinajstić information content (AvgIpc) is 2.37. The largest absolute Gasteiger partial charge is 0.393 e. The van der Waals surface area contributed by atoms with Gasteiger partial charge in [0.2, 0.25) is 0 Å². The van der Waals surface area contributed by atoms with Gasteiger partial charge in [-0.15, -0.1) is 0 Å². The lowest BCUT2D eigenvalue weighted by Gasteiger charge is -2.11. The normalized spacial score (nSPS) is 12.9. The van der Waals surface area contributed by atoms with E-state index in [1.54, 1.807) is 0 Å². The Labute approximate surface area is 111 Å². The first-order valence-electron chi connectivity index (χ1n) is 6.98. The van der Waals surface area contributed by atoms with E-state index in [-0.39, 0.29) is 6.10 Å². The fourth-order valence-corrected chi connectivity index (χ4v) is 1.76. The summed E-state index contributed by atoms with van der Waals surface area (Å²) in [6, 6.07) is 10.3. The van der Waals surface area contributed by atoms with Crippen molar-refractivity contribution in [1.29, 1.82) is 0 Å². The van der Waals surface area contributed by atoms with Crippen molar-refractivity contribution in [2.24, 2.45) is 5.92 Å². The highest BCUT2D eigenvalue weighted by Crippen LogP contribution is 2.07. The van der Waals surface area contributed by atoms with Crippen LogP contribution in [0.5, 0.6) is 0 Å². The maximum Gasteiger partial charge on any atom is 0.0565 e. The van der Waals surface area contributed by atoms with Crippen LogP contribution in [-0.2, 0) is 11.2 Å². The molecule has 0 aliphatic heterocycles. The van der Waals surface area contributed by atoms with E-state index in [1.165, 1.54) is 5.56 Å².